The van der Waals surface area contributed by atoms with E-state index in [9.17, 15) is 14.7 Å². The SMILES string of the molecule is Cc1ccc(C(C)(O)c2c(C)c(=O)[nH]c(=O)n2COCc2ccccc2)cc1. The average Bonchev–Trinajstić information content (AvgIpc) is 2.67. The Bertz CT molecular complexity index is 1060. The van der Waals surface area contributed by atoms with E-state index in [2.05, 4.69) is 4.98 Å². The van der Waals surface area contributed by atoms with E-state index in [4.69, 9.17) is 4.74 Å². The smallest absolute Gasteiger partial charge is 0.330 e. The van der Waals surface area contributed by atoms with Gasteiger partial charge in [-0.1, -0.05) is 60.2 Å². The lowest BCUT2D eigenvalue weighted by molar-refractivity contribution is 0.0386. The van der Waals surface area contributed by atoms with Gasteiger partial charge < -0.3 is 9.84 Å². The number of rotatable bonds is 6. The van der Waals surface area contributed by atoms with Crippen LogP contribution in [0.15, 0.2) is 64.2 Å². The third-order valence-electron chi connectivity index (χ3n) is 4.84. The fourth-order valence-electron chi connectivity index (χ4n) is 3.26. The van der Waals surface area contributed by atoms with Crippen LogP contribution in [-0.4, -0.2) is 14.7 Å². The predicted molar refractivity (Wildman–Crippen MR) is 107 cm³/mol. The summed E-state index contributed by atoms with van der Waals surface area (Å²) in [4.78, 5) is 27.0. The quantitative estimate of drug-likeness (QED) is 0.688. The molecule has 3 rings (SSSR count). The van der Waals surface area contributed by atoms with Gasteiger partial charge in [0.25, 0.3) is 5.56 Å². The van der Waals surface area contributed by atoms with Crippen LogP contribution < -0.4 is 11.2 Å². The summed E-state index contributed by atoms with van der Waals surface area (Å²) in [6.07, 6.45) is 0. The first-order valence-corrected chi connectivity index (χ1v) is 9.06. The number of aromatic amines is 1. The Hall–Kier alpha value is -2.96. The molecule has 0 aliphatic carbocycles. The topological polar surface area (TPSA) is 84.3 Å². The first kappa shape index (κ1) is 19.8. The summed E-state index contributed by atoms with van der Waals surface area (Å²) in [6, 6.07) is 16.9. The molecule has 0 aliphatic rings. The second kappa shape index (κ2) is 7.96. The highest BCUT2D eigenvalue weighted by molar-refractivity contribution is 5.36. The lowest BCUT2D eigenvalue weighted by atomic mass is 9.89. The number of H-pyrrole nitrogens is 1. The van der Waals surface area contributed by atoms with Gasteiger partial charge in [0.2, 0.25) is 0 Å². The Labute approximate surface area is 163 Å². The molecule has 6 nitrogen and oxygen atoms in total. The molecule has 0 saturated heterocycles. The second-order valence-corrected chi connectivity index (χ2v) is 7.06. The molecule has 0 radical (unpaired) electrons. The number of nitrogens with zero attached hydrogens (tertiary/aromatic N) is 1. The molecule has 3 aromatic rings. The van der Waals surface area contributed by atoms with Crippen molar-refractivity contribution >= 4 is 0 Å². The highest BCUT2D eigenvalue weighted by atomic mass is 16.5. The normalized spacial score (nSPS) is 13.3. The summed E-state index contributed by atoms with van der Waals surface area (Å²) in [5.41, 5.74) is 0.406. The van der Waals surface area contributed by atoms with Crippen LogP contribution in [0, 0.1) is 13.8 Å². The van der Waals surface area contributed by atoms with Crippen LogP contribution in [0.2, 0.25) is 0 Å². The molecule has 1 unspecified atom stereocenters. The Morgan fingerprint density at radius 2 is 1.68 bits per heavy atom. The van der Waals surface area contributed by atoms with Gasteiger partial charge in [-0.05, 0) is 31.9 Å². The van der Waals surface area contributed by atoms with Crippen molar-refractivity contribution in [2.24, 2.45) is 0 Å². The maximum absolute atomic E-state index is 12.5. The van der Waals surface area contributed by atoms with Crippen molar-refractivity contribution in [2.45, 2.75) is 39.7 Å². The minimum Gasteiger partial charge on any atom is -0.379 e. The molecule has 0 bridgehead atoms. The van der Waals surface area contributed by atoms with Gasteiger partial charge in [0.1, 0.15) is 12.3 Å². The molecule has 0 spiro atoms. The number of aryl methyl sites for hydroxylation is 1. The lowest BCUT2D eigenvalue weighted by Crippen LogP contribution is -2.41. The van der Waals surface area contributed by atoms with Crippen LogP contribution in [0.3, 0.4) is 0 Å². The molecule has 0 amide bonds. The van der Waals surface area contributed by atoms with Crippen molar-refractivity contribution in [3.63, 3.8) is 0 Å². The van der Waals surface area contributed by atoms with E-state index in [0.717, 1.165) is 11.1 Å². The Morgan fingerprint density at radius 1 is 1.04 bits per heavy atom. The van der Waals surface area contributed by atoms with E-state index in [0.29, 0.717) is 12.2 Å². The number of aliphatic hydroxyl groups is 1. The zero-order valence-electron chi connectivity index (χ0n) is 16.2. The van der Waals surface area contributed by atoms with Gasteiger partial charge in [-0.3, -0.25) is 14.3 Å². The maximum atomic E-state index is 12.5. The predicted octanol–water partition coefficient (Wildman–Crippen LogP) is 2.58. The molecule has 1 atom stereocenters. The lowest BCUT2D eigenvalue weighted by Gasteiger charge is -2.29. The average molecular weight is 380 g/mol. The summed E-state index contributed by atoms with van der Waals surface area (Å²) in [6.45, 7) is 5.32. The summed E-state index contributed by atoms with van der Waals surface area (Å²) in [7, 11) is 0. The van der Waals surface area contributed by atoms with Crippen molar-refractivity contribution in [2.75, 3.05) is 0 Å². The molecule has 28 heavy (non-hydrogen) atoms. The molecule has 1 heterocycles. The van der Waals surface area contributed by atoms with Crippen molar-refractivity contribution in [1.82, 2.24) is 9.55 Å². The minimum absolute atomic E-state index is 0.0946. The van der Waals surface area contributed by atoms with Crippen molar-refractivity contribution in [3.8, 4) is 0 Å². The van der Waals surface area contributed by atoms with Crippen LogP contribution in [0.1, 0.15) is 34.9 Å². The zero-order chi connectivity index (χ0) is 20.3. The number of aromatic nitrogens is 2. The van der Waals surface area contributed by atoms with E-state index >= 15 is 0 Å². The number of nitrogens with one attached hydrogen (secondary N) is 1. The van der Waals surface area contributed by atoms with Gasteiger partial charge in [-0.2, -0.15) is 0 Å². The second-order valence-electron chi connectivity index (χ2n) is 7.06. The maximum Gasteiger partial charge on any atom is 0.330 e. The number of benzene rings is 2. The van der Waals surface area contributed by atoms with Gasteiger partial charge in [-0.25, -0.2) is 4.79 Å². The monoisotopic (exact) mass is 380 g/mol. The fourth-order valence-corrected chi connectivity index (χ4v) is 3.26. The summed E-state index contributed by atoms with van der Waals surface area (Å²) < 4.78 is 6.98. The van der Waals surface area contributed by atoms with Crippen LogP contribution >= 0.6 is 0 Å². The summed E-state index contributed by atoms with van der Waals surface area (Å²) in [5, 5.41) is 11.3. The minimum atomic E-state index is -1.54. The van der Waals surface area contributed by atoms with Gasteiger partial charge >= 0.3 is 5.69 Å². The van der Waals surface area contributed by atoms with Crippen molar-refractivity contribution in [1.29, 1.82) is 0 Å². The van der Waals surface area contributed by atoms with Crippen LogP contribution in [0.4, 0.5) is 0 Å². The fraction of sp³-hybridized carbons (Fsp3) is 0.273. The van der Waals surface area contributed by atoms with E-state index in [1.165, 1.54) is 4.57 Å². The van der Waals surface area contributed by atoms with Crippen LogP contribution in [0.5, 0.6) is 0 Å². The standard InChI is InChI=1S/C22H24N2O4/c1-15-9-11-18(12-10-15)22(3,27)19-16(2)20(25)23-21(26)24(19)14-28-13-17-7-5-4-6-8-17/h4-12,27H,13-14H2,1-3H3,(H,23,25,26). The van der Waals surface area contributed by atoms with E-state index in [1.807, 2.05) is 49.4 Å². The first-order valence-electron chi connectivity index (χ1n) is 9.06. The Balaban J connectivity index is 2.00. The first-order chi connectivity index (χ1) is 13.3. The van der Waals surface area contributed by atoms with Crippen molar-refractivity contribution in [3.05, 3.63) is 103 Å². The molecule has 146 valence electrons. The van der Waals surface area contributed by atoms with Gasteiger partial charge in [0.15, 0.2) is 0 Å². The molecule has 1 aromatic heterocycles. The van der Waals surface area contributed by atoms with Crippen molar-refractivity contribution < 1.29 is 9.84 Å². The van der Waals surface area contributed by atoms with Crippen LogP contribution in [-0.2, 0) is 23.7 Å². The molecule has 2 aromatic carbocycles. The van der Waals surface area contributed by atoms with E-state index < -0.39 is 16.9 Å². The largest absolute Gasteiger partial charge is 0.379 e. The van der Waals surface area contributed by atoms with Crippen LogP contribution in [0.25, 0.3) is 0 Å². The van der Waals surface area contributed by atoms with E-state index in [1.54, 1.807) is 26.0 Å². The number of ether oxygens (including phenoxy) is 1. The summed E-state index contributed by atoms with van der Waals surface area (Å²) in [5.74, 6) is 0. The molecule has 6 heteroatoms. The highest BCUT2D eigenvalue weighted by Gasteiger charge is 2.32. The summed E-state index contributed by atoms with van der Waals surface area (Å²) >= 11 is 0. The Morgan fingerprint density at radius 3 is 2.32 bits per heavy atom. The number of hydrogen-bond acceptors (Lipinski definition) is 4. The zero-order valence-corrected chi connectivity index (χ0v) is 16.2. The Kier molecular flexibility index (Phi) is 5.63. The molecule has 0 aliphatic heterocycles. The molecular formula is C22H24N2O4. The third kappa shape index (κ3) is 3.98. The molecule has 2 N–H and O–H groups in total. The van der Waals surface area contributed by atoms with Gasteiger partial charge in [0, 0.05) is 5.56 Å². The number of hydrogen-bond donors (Lipinski definition) is 2. The van der Waals surface area contributed by atoms with Gasteiger partial charge in [0.05, 0.1) is 12.3 Å². The van der Waals surface area contributed by atoms with Gasteiger partial charge in [-0.15, -0.1) is 0 Å². The molecule has 0 saturated carbocycles. The molecular weight excluding hydrogens is 356 g/mol. The highest BCUT2D eigenvalue weighted by Crippen LogP contribution is 2.29. The third-order valence-corrected chi connectivity index (χ3v) is 4.84. The van der Waals surface area contributed by atoms with E-state index in [-0.39, 0.29) is 18.0 Å². The molecule has 0 fully saturated rings.